The fourth-order valence-electron chi connectivity index (χ4n) is 6.88. The first-order valence-corrected chi connectivity index (χ1v) is 18.4. The second-order valence-electron chi connectivity index (χ2n) is 13.0. The third kappa shape index (κ3) is 8.00. The molecule has 49 heavy (non-hydrogen) atoms. The second-order valence-corrected chi connectivity index (χ2v) is 15.0. The molecule has 1 atom stereocenters. The Balaban J connectivity index is 1.16. The van der Waals surface area contributed by atoms with E-state index >= 15 is 0 Å². The first-order chi connectivity index (χ1) is 23.6. The number of carbonyl (C=O) groups is 1. The summed E-state index contributed by atoms with van der Waals surface area (Å²) in [6, 6.07) is 24.9. The lowest BCUT2D eigenvalue weighted by Gasteiger charge is -2.33. The number of carbonyl (C=O) groups excluding carboxylic acids is 1. The molecule has 254 valence electrons. The van der Waals surface area contributed by atoms with E-state index in [0.717, 1.165) is 54.2 Å². The summed E-state index contributed by atoms with van der Waals surface area (Å²) in [5, 5.41) is 18.2. The molecule has 0 bridgehead atoms. The van der Waals surface area contributed by atoms with Crippen molar-refractivity contribution in [3.05, 3.63) is 114 Å². The minimum absolute atomic E-state index is 0.0327. The van der Waals surface area contributed by atoms with Crippen molar-refractivity contribution in [2.45, 2.75) is 49.5 Å². The highest BCUT2D eigenvalue weighted by Gasteiger charge is 2.34. The molecule has 6 rings (SSSR count). The topological polar surface area (TPSA) is 130 Å². The van der Waals surface area contributed by atoms with E-state index in [0.29, 0.717) is 30.4 Å². The monoisotopic (exact) mass is 678 g/mol. The van der Waals surface area contributed by atoms with E-state index in [4.69, 9.17) is 0 Å². The zero-order chi connectivity index (χ0) is 34.5. The summed E-state index contributed by atoms with van der Waals surface area (Å²) in [5.74, 6) is 0.937. The minimum Gasteiger partial charge on any atom is -0.503 e. The number of benzene rings is 3. The van der Waals surface area contributed by atoms with E-state index in [1.165, 1.54) is 6.20 Å². The zero-order valence-corrected chi connectivity index (χ0v) is 28.8. The summed E-state index contributed by atoms with van der Waals surface area (Å²) in [6.45, 7) is 0.475. The van der Waals surface area contributed by atoms with Gasteiger partial charge < -0.3 is 15.3 Å². The van der Waals surface area contributed by atoms with Crippen LogP contribution in [0.3, 0.4) is 0 Å². The highest BCUT2D eigenvalue weighted by Crippen LogP contribution is 2.40. The van der Waals surface area contributed by atoms with Crippen molar-refractivity contribution >= 4 is 27.2 Å². The van der Waals surface area contributed by atoms with Crippen LogP contribution in [0, 0.1) is 11.8 Å². The number of aromatic nitrogens is 4. The molecule has 1 unspecified atom stereocenters. The van der Waals surface area contributed by atoms with Gasteiger partial charge in [-0.3, -0.25) is 9.48 Å². The standard InChI is InChI=1S/C38H42N6O4S/c1-43-25-31(23-41-43)28-17-19-30(20-18-28)36(38(46)40-22-27-9-5-4-6-10-27)29-15-13-26(14-16-29)21-35-39-24-33(45)37(42-35)44(2)32-11-7-8-12-34(32)49(3,47)48/h4-12,17-20,23-26,29,36,45H,13-16,21-22H2,1-3H3,(H,40,46). The number of aryl methyl sites for hydroxylation is 1. The summed E-state index contributed by atoms with van der Waals surface area (Å²) in [5.41, 5.74) is 4.58. The molecule has 2 N–H and O–H groups in total. The molecule has 0 aliphatic heterocycles. The smallest absolute Gasteiger partial charge is 0.228 e. The number of hydrogen-bond donors (Lipinski definition) is 2. The van der Waals surface area contributed by atoms with Crippen LogP contribution in [-0.2, 0) is 34.6 Å². The van der Waals surface area contributed by atoms with Gasteiger partial charge in [0.2, 0.25) is 5.91 Å². The van der Waals surface area contributed by atoms with Crippen molar-refractivity contribution < 1.29 is 18.3 Å². The molecule has 2 heterocycles. The molecule has 1 amide bonds. The van der Waals surface area contributed by atoms with Gasteiger partial charge in [0, 0.05) is 45.1 Å². The number of para-hydroxylation sites is 1. The molecule has 0 radical (unpaired) electrons. The fraction of sp³-hybridized carbons (Fsp3) is 0.316. The molecule has 1 saturated carbocycles. The molecule has 3 aromatic carbocycles. The second kappa shape index (κ2) is 14.6. The number of nitrogens with one attached hydrogen (secondary N) is 1. The normalized spacial score (nSPS) is 17.0. The average molecular weight is 679 g/mol. The van der Waals surface area contributed by atoms with Crippen LogP contribution >= 0.6 is 0 Å². The van der Waals surface area contributed by atoms with Crippen molar-refractivity contribution in [2.75, 3.05) is 18.2 Å². The lowest BCUT2D eigenvalue weighted by molar-refractivity contribution is -0.124. The molecule has 5 aromatic rings. The Labute approximate surface area is 287 Å². The molecular formula is C38H42N6O4S. The van der Waals surface area contributed by atoms with Gasteiger partial charge >= 0.3 is 0 Å². The van der Waals surface area contributed by atoms with Crippen molar-refractivity contribution in [1.29, 1.82) is 0 Å². The fourth-order valence-corrected chi connectivity index (χ4v) is 7.79. The van der Waals surface area contributed by atoms with Gasteiger partial charge in [-0.1, -0.05) is 66.7 Å². The number of rotatable bonds is 11. The zero-order valence-electron chi connectivity index (χ0n) is 28.0. The first kappa shape index (κ1) is 33.9. The lowest BCUT2D eigenvalue weighted by atomic mass is 9.72. The first-order valence-electron chi connectivity index (χ1n) is 16.5. The van der Waals surface area contributed by atoms with Gasteiger partial charge in [0.1, 0.15) is 5.82 Å². The lowest BCUT2D eigenvalue weighted by Crippen LogP contribution is -2.35. The summed E-state index contributed by atoms with van der Waals surface area (Å²) in [7, 11) is 0.0828. The Kier molecular flexibility index (Phi) is 10.1. The Morgan fingerprint density at radius 3 is 2.33 bits per heavy atom. The number of aromatic hydroxyl groups is 1. The molecular weight excluding hydrogens is 637 g/mol. The van der Waals surface area contributed by atoms with Crippen LogP contribution in [0.15, 0.2) is 102 Å². The molecule has 10 nitrogen and oxygen atoms in total. The van der Waals surface area contributed by atoms with E-state index in [1.807, 2.05) is 49.8 Å². The van der Waals surface area contributed by atoms with E-state index in [-0.39, 0.29) is 34.2 Å². The Morgan fingerprint density at radius 2 is 1.65 bits per heavy atom. The van der Waals surface area contributed by atoms with Gasteiger partial charge in [0.05, 0.1) is 28.9 Å². The van der Waals surface area contributed by atoms with Crippen LogP contribution < -0.4 is 10.2 Å². The summed E-state index contributed by atoms with van der Waals surface area (Å²) < 4.78 is 26.7. The van der Waals surface area contributed by atoms with E-state index in [9.17, 15) is 18.3 Å². The molecule has 1 aliphatic rings. The number of amides is 1. The number of nitrogens with zero attached hydrogens (tertiary/aromatic N) is 5. The van der Waals surface area contributed by atoms with Crippen molar-refractivity contribution in [3.63, 3.8) is 0 Å². The third-order valence-electron chi connectivity index (χ3n) is 9.48. The maximum absolute atomic E-state index is 13.9. The maximum atomic E-state index is 13.9. The van der Waals surface area contributed by atoms with E-state index in [1.54, 1.807) is 40.9 Å². The highest BCUT2D eigenvalue weighted by molar-refractivity contribution is 7.90. The molecule has 0 saturated heterocycles. The van der Waals surface area contributed by atoms with Crippen molar-refractivity contribution in [2.24, 2.45) is 18.9 Å². The van der Waals surface area contributed by atoms with Crippen LogP contribution in [0.1, 0.15) is 48.6 Å². The summed E-state index contributed by atoms with van der Waals surface area (Å²) in [6.07, 6.45) is 10.6. The summed E-state index contributed by atoms with van der Waals surface area (Å²) >= 11 is 0. The number of hydrogen-bond acceptors (Lipinski definition) is 8. The van der Waals surface area contributed by atoms with Crippen molar-refractivity contribution in [1.82, 2.24) is 25.1 Å². The van der Waals surface area contributed by atoms with Gasteiger partial charge in [-0.15, -0.1) is 0 Å². The van der Waals surface area contributed by atoms with Gasteiger partial charge in [-0.05, 0) is 66.3 Å². The van der Waals surface area contributed by atoms with Crippen LogP contribution in [0.2, 0.25) is 0 Å². The van der Waals surface area contributed by atoms with Crippen LogP contribution in [0.5, 0.6) is 5.75 Å². The van der Waals surface area contributed by atoms with Crippen molar-refractivity contribution in [3.8, 4) is 16.9 Å². The van der Waals surface area contributed by atoms with E-state index in [2.05, 4.69) is 44.6 Å². The molecule has 1 fully saturated rings. The average Bonchev–Trinajstić information content (AvgIpc) is 3.55. The SMILES string of the molecule is CN(c1ccccc1S(C)(=O)=O)c1nc(CC2CCC(C(C(=O)NCc3ccccc3)c3ccc(-c4cnn(C)c4)cc3)CC2)ncc1O. The molecule has 2 aromatic heterocycles. The largest absolute Gasteiger partial charge is 0.503 e. The highest BCUT2D eigenvalue weighted by atomic mass is 32.2. The van der Waals surface area contributed by atoms with Gasteiger partial charge in [0.15, 0.2) is 21.4 Å². The molecule has 0 spiro atoms. The van der Waals surface area contributed by atoms with Gasteiger partial charge in [-0.2, -0.15) is 5.10 Å². The molecule has 1 aliphatic carbocycles. The van der Waals surface area contributed by atoms with E-state index < -0.39 is 9.84 Å². The number of anilines is 2. The predicted molar refractivity (Wildman–Crippen MR) is 190 cm³/mol. The van der Waals surface area contributed by atoms with Gasteiger partial charge in [0.25, 0.3) is 0 Å². The quantitative estimate of drug-likeness (QED) is 0.169. The molecule has 11 heteroatoms. The summed E-state index contributed by atoms with van der Waals surface area (Å²) in [4.78, 5) is 24.7. The van der Waals surface area contributed by atoms with Crippen LogP contribution in [-0.4, -0.2) is 52.5 Å². The van der Waals surface area contributed by atoms with Crippen LogP contribution in [0.4, 0.5) is 11.5 Å². The number of sulfone groups is 1. The van der Waals surface area contributed by atoms with Gasteiger partial charge in [-0.25, -0.2) is 18.4 Å². The van der Waals surface area contributed by atoms with Crippen LogP contribution in [0.25, 0.3) is 11.1 Å². The minimum atomic E-state index is -3.50. The Hall–Kier alpha value is -5.03. The predicted octanol–water partition coefficient (Wildman–Crippen LogP) is 6.20. The Morgan fingerprint density at radius 1 is 0.959 bits per heavy atom. The maximum Gasteiger partial charge on any atom is 0.228 e. The Bertz CT molecular complexity index is 2010. The third-order valence-corrected chi connectivity index (χ3v) is 10.6.